The van der Waals surface area contributed by atoms with E-state index in [2.05, 4.69) is 21.3 Å². The molecule has 1 aliphatic rings. The summed E-state index contributed by atoms with van der Waals surface area (Å²) in [5.41, 5.74) is 2.66. The third-order valence-corrected chi connectivity index (χ3v) is 5.94. The summed E-state index contributed by atoms with van der Waals surface area (Å²) in [5, 5.41) is 5.91. The zero-order valence-electron chi connectivity index (χ0n) is 15.0. The smallest absolute Gasteiger partial charge is 0.344 e. The molecule has 0 radical (unpaired) electrons. The monoisotopic (exact) mass is 377 g/mol. The third-order valence-electron chi connectivity index (χ3n) is 5.01. The van der Waals surface area contributed by atoms with Gasteiger partial charge in [0.1, 0.15) is 5.76 Å². The molecule has 1 aliphatic heterocycles. The van der Waals surface area contributed by atoms with Crippen molar-refractivity contribution in [1.82, 2.24) is 10.3 Å². The van der Waals surface area contributed by atoms with Gasteiger partial charge in [0.15, 0.2) is 0 Å². The van der Waals surface area contributed by atoms with Crippen molar-refractivity contribution in [2.75, 3.05) is 31.1 Å². The van der Waals surface area contributed by atoms with Crippen LogP contribution in [-0.4, -0.2) is 31.2 Å². The highest BCUT2D eigenvalue weighted by molar-refractivity contribution is 7.18. The first kappa shape index (κ1) is 16.5. The van der Waals surface area contributed by atoms with Gasteiger partial charge < -0.3 is 14.6 Å². The molecule has 2 aromatic carbocycles. The van der Waals surface area contributed by atoms with Gasteiger partial charge in [-0.25, -0.2) is 9.78 Å². The lowest BCUT2D eigenvalue weighted by Gasteiger charge is -2.29. The van der Waals surface area contributed by atoms with Gasteiger partial charge in [0.2, 0.25) is 0 Å². The Hall–Kier alpha value is -2.70. The fraction of sp³-hybridized carbons (Fsp3) is 0.238. The van der Waals surface area contributed by atoms with Gasteiger partial charge in [-0.2, -0.15) is 0 Å². The molecule has 0 atom stereocenters. The van der Waals surface area contributed by atoms with Crippen molar-refractivity contribution in [3.05, 3.63) is 57.9 Å². The largest absolute Gasteiger partial charge is 0.422 e. The molecule has 136 valence electrons. The highest BCUT2D eigenvalue weighted by atomic mass is 32.1. The summed E-state index contributed by atoms with van der Waals surface area (Å²) >= 11 is 1.65. The van der Waals surface area contributed by atoms with Crippen LogP contribution in [0.4, 0.5) is 5.69 Å². The Morgan fingerprint density at radius 3 is 2.81 bits per heavy atom. The summed E-state index contributed by atoms with van der Waals surface area (Å²) in [6.07, 6.45) is 0. The molecule has 0 aliphatic carbocycles. The number of fused-ring (bicyclic) bond motifs is 2. The first-order valence-corrected chi connectivity index (χ1v) is 9.90. The molecule has 0 saturated carbocycles. The van der Waals surface area contributed by atoms with Crippen molar-refractivity contribution >= 4 is 38.0 Å². The number of rotatable bonds is 2. The van der Waals surface area contributed by atoms with Crippen LogP contribution in [0.2, 0.25) is 0 Å². The van der Waals surface area contributed by atoms with Crippen molar-refractivity contribution in [2.45, 2.75) is 6.92 Å². The van der Waals surface area contributed by atoms with Gasteiger partial charge in [0.05, 0.1) is 20.6 Å². The molecule has 3 heterocycles. The molecule has 0 unspecified atom stereocenters. The summed E-state index contributed by atoms with van der Waals surface area (Å²) in [4.78, 5) is 19.4. The summed E-state index contributed by atoms with van der Waals surface area (Å²) < 4.78 is 6.77. The molecule has 1 saturated heterocycles. The Morgan fingerprint density at radius 2 is 1.96 bits per heavy atom. The highest BCUT2D eigenvalue weighted by Gasteiger charge is 2.13. The zero-order chi connectivity index (χ0) is 18.4. The van der Waals surface area contributed by atoms with Crippen molar-refractivity contribution in [3.63, 3.8) is 0 Å². The van der Waals surface area contributed by atoms with E-state index in [-0.39, 0.29) is 5.63 Å². The van der Waals surface area contributed by atoms with Gasteiger partial charge >= 0.3 is 5.63 Å². The molecule has 1 N–H and O–H groups in total. The molecule has 5 rings (SSSR count). The molecule has 0 spiro atoms. The molecule has 6 heteroatoms. The average molecular weight is 377 g/mol. The molecule has 0 bridgehead atoms. The second-order valence-corrected chi connectivity index (χ2v) is 8.06. The Labute approximate surface area is 160 Å². The summed E-state index contributed by atoms with van der Waals surface area (Å²) in [7, 11) is 0. The van der Waals surface area contributed by atoms with Gasteiger partial charge in [-0.15, -0.1) is 11.3 Å². The maximum Gasteiger partial charge on any atom is 0.344 e. The van der Waals surface area contributed by atoms with E-state index >= 15 is 0 Å². The van der Waals surface area contributed by atoms with Crippen LogP contribution in [0.15, 0.2) is 51.7 Å². The number of nitrogens with zero attached hydrogens (tertiary/aromatic N) is 2. The first-order valence-electron chi connectivity index (χ1n) is 9.08. The van der Waals surface area contributed by atoms with Gasteiger partial charge in [-0.05, 0) is 48.7 Å². The number of aryl methyl sites for hydroxylation is 1. The predicted molar refractivity (Wildman–Crippen MR) is 111 cm³/mol. The van der Waals surface area contributed by atoms with Gasteiger partial charge in [0, 0.05) is 37.4 Å². The standard InChI is InChI=1S/C21H19N3O2S/c1-13-23-18-5-3-15(11-20(18)27-13)19-10-14-2-4-16(12-17(14)21(25)26-19)24-8-6-22-7-9-24/h2-5,10-12,22H,6-9H2,1H3. The Bertz CT molecular complexity index is 1210. The molecule has 1 fully saturated rings. The fourth-order valence-corrected chi connectivity index (χ4v) is 4.49. The lowest BCUT2D eigenvalue weighted by atomic mass is 10.1. The van der Waals surface area contributed by atoms with E-state index in [1.165, 1.54) is 0 Å². The lowest BCUT2D eigenvalue weighted by molar-refractivity contribution is 0.534. The molecular formula is C21H19N3O2S. The van der Waals surface area contributed by atoms with E-state index < -0.39 is 0 Å². The Balaban J connectivity index is 1.58. The number of anilines is 1. The van der Waals surface area contributed by atoms with E-state index in [1.54, 1.807) is 11.3 Å². The van der Waals surface area contributed by atoms with E-state index in [0.717, 1.165) is 58.0 Å². The normalized spacial score (nSPS) is 14.9. The first-order chi connectivity index (χ1) is 13.2. The molecular weight excluding hydrogens is 358 g/mol. The lowest BCUT2D eigenvalue weighted by Crippen LogP contribution is -2.43. The minimum Gasteiger partial charge on any atom is -0.422 e. The number of nitrogens with one attached hydrogen (secondary N) is 1. The number of hydrogen-bond donors (Lipinski definition) is 1. The van der Waals surface area contributed by atoms with Gasteiger partial charge in [0.25, 0.3) is 0 Å². The molecule has 0 amide bonds. The Kier molecular flexibility index (Phi) is 3.95. The second-order valence-electron chi connectivity index (χ2n) is 6.82. The maximum atomic E-state index is 12.7. The maximum absolute atomic E-state index is 12.7. The molecule has 2 aromatic heterocycles. The number of thiazole rings is 1. The van der Waals surface area contributed by atoms with E-state index in [4.69, 9.17) is 4.42 Å². The molecule has 5 nitrogen and oxygen atoms in total. The Morgan fingerprint density at radius 1 is 1.11 bits per heavy atom. The van der Waals surface area contributed by atoms with E-state index in [0.29, 0.717) is 11.1 Å². The van der Waals surface area contributed by atoms with Crippen LogP contribution in [-0.2, 0) is 0 Å². The van der Waals surface area contributed by atoms with Crippen LogP contribution in [0.25, 0.3) is 32.3 Å². The van der Waals surface area contributed by atoms with Crippen LogP contribution in [0.1, 0.15) is 5.01 Å². The van der Waals surface area contributed by atoms with Gasteiger partial charge in [-0.3, -0.25) is 0 Å². The molecule has 27 heavy (non-hydrogen) atoms. The van der Waals surface area contributed by atoms with Gasteiger partial charge in [-0.1, -0.05) is 6.07 Å². The molecule has 4 aromatic rings. The topological polar surface area (TPSA) is 58.4 Å². The predicted octanol–water partition coefficient (Wildman–Crippen LogP) is 3.79. The van der Waals surface area contributed by atoms with E-state index in [9.17, 15) is 4.79 Å². The van der Waals surface area contributed by atoms with Crippen molar-refractivity contribution in [1.29, 1.82) is 0 Å². The van der Waals surface area contributed by atoms with Crippen LogP contribution in [0.5, 0.6) is 0 Å². The van der Waals surface area contributed by atoms with Crippen LogP contribution < -0.4 is 15.8 Å². The van der Waals surface area contributed by atoms with Crippen LogP contribution >= 0.6 is 11.3 Å². The third kappa shape index (κ3) is 3.01. The minimum atomic E-state index is -0.292. The van der Waals surface area contributed by atoms with Crippen molar-refractivity contribution in [3.8, 4) is 11.3 Å². The van der Waals surface area contributed by atoms with E-state index in [1.807, 2.05) is 43.3 Å². The SMILES string of the molecule is Cc1nc2ccc(-c3cc4ccc(N5CCNCC5)cc4c(=O)o3)cc2s1. The van der Waals surface area contributed by atoms with Crippen molar-refractivity contribution in [2.24, 2.45) is 0 Å². The summed E-state index contributed by atoms with van der Waals surface area (Å²) in [6.45, 7) is 5.82. The summed E-state index contributed by atoms with van der Waals surface area (Å²) in [6, 6.07) is 14.0. The number of hydrogen-bond acceptors (Lipinski definition) is 6. The fourth-order valence-electron chi connectivity index (χ4n) is 3.63. The quantitative estimate of drug-likeness (QED) is 0.576. The minimum absolute atomic E-state index is 0.292. The number of piperazine rings is 1. The summed E-state index contributed by atoms with van der Waals surface area (Å²) in [5.74, 6) is 0.593. The average Bonchev–Trinajstić information content (AvgIpc) is 3.07. The second kappa shape index (κ2) is 6.48. The van der Waals surface area contributed by atoms with Crippen molar-refractivity contribution < 1.29 is 4.42 Å². The number of aromatic nitrogens is 1. The van der Waals surface area contributed by atoms with Crippen LogP contribution in [0, 0.1) is 6.92 Å². The number of benzene rings is 2. The highest BCUT2D eigenvalue weighted by Crippen LogP contribution is 2.29. The van der Waals surface area contributed by atoms with Crippen LogP contribution in [0.3, 0.4) is 0 Å². The zero-order valence-corrected chi connectivity index (χ0v) is 15.8.